The van der Waals surface area contributed by atoms with E-state index in [1.54, 1.807) is 64.3 Å². The highest BCUT2D eigenvalue weighted by atomic mass is 19.1. The fourth-order valence-corrected chi connectivity index (χ4v) is 5.64. The summed E-state index contributed by atoms with van der Waals surface area (Å²) in [6.07, 6.45) is -2.11. The van der Waals surface area contributed by atoms with E-state index in [-0.39, 0.29) is 23.7 Å². The van der Waals surface area contributed by atoms with Crippen molar-refractivity contribution in [3.63, 3.8) is 0 Å². The maximum atomic E-state index is 15.5. The highest BCUT2D eigenvalue weighted by molar-refractivity contribution is 5.85. The molecule has 2 heterocycles. The van der Waals surface area contributed by atoms with Crippen LogP contribution >= 0.6 is 0 Å². The first-order chi connectivity index (χ1) is 24.0. The number of aliphatic hydroxyl groups is 1. The third-order valence-electron chi connectivity index (χ3n) is 8.11. The Balaban J connectivity index is 1.22. The predicted molar refractivity (Wildman–Crippen MR) is 184 cm³/mol. The molecule has 0 aliphatic carbocycles. The normalized spacial score (nSPS) is 15.6. The molecule has 4 aromatic rings. The summed E-state index contributed by atoms with van der Waals surface area (Å²) in [6, 6.07) is 20.5. The Bertz CT molecular complexity index is 1780. The van der Waals surface area contributed by atoms with Gasteiger partial charge in [0.05, 0.1) is 22.9 Å². The monoisotopic (exact) mass is 687 g/mol. The molecule has 1 saturated heterocycles. The molecule has 1 fully saturated rings. The molecule has 13 nitrogen and oxygen atoms in total. The minimum absolute atomic E-state index is 0.0718. The summed E-state index contributed by atoms with van der Waals surface area (Å²) < 4.78 is 37.2. The van der Waals surface area contributed by atoms with Crippen LogP contribution in [0.5, 0.6) is 0 Å². The van der Waals surface area contributed by atoms with Crippen molar-refractivity contribution in [3.05, 3.63) is 83.7 Å². The first kappa shape index (κ1) is 36.4. The summed E-state index contributed by atoms with van der Waals surface area (Å²) in [5.74, 6) is -0.308. The number of rotatable bonds is 12. The molecule has 50 heavy (non-hydrogen) atoms. The third kappa shape index (κ3) is 9.20. The average Bonchev–Trinajstić information content (AvgIpc) is 3.59. The number of halogens is 1. The molecule has 1 aromatic heterocycles. The van der Waals surface area contributed by atoms with E-state index in [0.717, 1.165) is 5.69 Å². The fraction of sp³-hybridized carbons (Fsp3) is 0.389. The number of carbonyl (C=O) groups excluding carboxylic acids is 1. The number of ether oxygens (including phenoxy) is 3. The van der Waals surface area contributed by atoms with Gasteiger partial charge in [0.2, 0.25) is 5.82 Å². The number of para-hydroxylation sites is 1. The maximum Gasteiger partial charge on any atom is 0.412 e. The number of aromatic nitrogens is 2. The minimum Gasteiger partial charge on any atom is -0.444 e. The van der Waals surface area contributed by atoms with Crippen molar-refractivity contribution in [2.45, 2.75) is 51.5 Å². The molecule has 0 radical (unpaired) electrons. The third-order valence-corrected chi connectivity index (χ3v) is 8.11. The van der Waals surface area contributed by atoms with E-state index in [9.17, 15) is 15.2 Å². The van der Waals surface area contributed by atoms with Gasteiger partial charge in [-0.2, -0.15) is 10.2 Å². The van der Waals surface area contributed by atoms with Gasteiger partial charge in [-0.15, -0.1) is 0 Å². The van der Waals surface area contributed by atoms with Gasteiger partial charge in [-0.3, -0.25) is 15.5 Å². The first-order valence-corrected chi connectivity index (χ1v) is 16.2. The van der Waals surface area contributed by atoms with Crippen molar-refractivity contribution < 1.29 is 33.0 Å². The van der Waals surface area contributed by atoms with Gasteiger partial charge in [0, 0.05) is 51.6 Å². The van der Waals surface area contributed by atoms with Crippen molar-refractivity contribution in [3.8, 4) is 28.9 Å². The molecule has 1 amide bonds. The number of piperazine rings is 1. The molecule has 1 aliphatic heterocycles. The first-order valence-electron chi connectivity index (χ1n) is 16.2. The smallest absolute Gasteiger partial charge is 0.412 e. The Morgan fingerprint density at radius 2 is 1.78 bits per heavy atom. The van der Waals surface area contributed by atoms with Crippen LogP contribution in [-0.4, -0.2) is 90.9 Å². The molecular weight excluding hydrogens is 645 g/mol. The zero-order valence-corrected chi connectivity index (χ0v) is 28.7. The summed E-state index contributed by atoms with van der Waals surface area (Å²) in [6.45, 7) is 7.98. The average molecular weight is 688 g/mol. The van der Waals surface area contributed by atoms with Crippen LogP contribution in [0.4, 0.5) is 20.6 Å². The largest absolute Gasteiger partial charge is 0.444 e. The number of nitrogens with one attached hydrogen (secondary N) is 2. The molecule has 1 aliphatic rings. The van der Waals surface area contributed by atoms with Crippen molar-refractivity contribution in [1.29, 1.82) is 5.26 Å². The topological polar surface area (TPSA) is 158 Å². The number of methoxy groups -OCH3 is 2. The van der Waals surface area contributed by atoms with Gasteiger partial charge >= 0.3 is 6.09 Å². The molecule has 0 spiro atoms. The number of anilines is 2. The van der Waals surface area contributed by atoms with Crippen LogP contribution < -0.4 is 15.5 Å². The molecule has 3 N–H and O–H groups in total. The Hall–Kier alpha value is -4.91. The molecule has 3 atom stereocenters. The van der Waals surface area contributed by atoms with E-state index in [4.69, 9.17) is 18.7 Å². The lowest BCUT2D eigenvalue weighted by molar-refractivity contribution is -0.129. The number of nitriles is 1. The van der Waals surface area contributed by atoms with Gasteiger partial charge in [-0.25, -0.2) is 9.18 Å². The summed E-state index contributed by atoms with van der Waals surface area (Å²) in [5, 5.41) is 30.2. The van der Waals surface area contributed by atoms with Crippen molar-refractivity contribution in [2.75, 3.05) is 50.6 Å². The number of nitrogens with zero attached hydrogens (tertiary/aromatic N) is 5. The number of benzene rings is 3. The SMILES string of the molecule is COC(O)C(Cc1ccc(-c2noc(-c3ccc(NC(=O)OC(C)(C)C)cc3)n2)c(F)c1)NC(OC)N1CCN(c2ccccc2C#N)CC1. The van der Waals surface area contributed by atoms with Gasteiger partial charge in [-0.05, 0) is 81.3 Å². The number of carbonyl (C=O) groups is 1. The summed E-state index contributed by atoms with van der Waals surface area (Å²) >= 11 is 0. The van der Waals surface area contributed by atoms with Crippen molar-refractivity contribution >= 4 is 17.5 Å². The molecule has 5 rings (SSSR count). The number of hydrogen-bond acceptors (Lipinski definition) is 12. The second-order valence-electron chi connectivity index (χ2n) is 12.8. The summed E-state index contributed by atoms with van der Waals surface area (Å²) in [5.41, 5.74) is 2.76. The zero-order chi connectivity index (χ0) is 35.8. The van der Waals surface area contributed by atoms with Crippen LogP contribution in [-0.2, 0) is 20.6 Å². The van der Waals surface area contributed by atoms with E-state index >= 15 is 4.39 Å². The second kappa shape index (κ2) is 16.2. The molecule has 14 heteroatoms. The Kier molecular flexibility index (Phi) is 11.8. The predicted octanol–water partition coefficient (Wildman–Crippen LogP) is 4.98. The molecule has 3 aromatic carbocycles. The Morgan fingerprint density at radius 1 is 1.06 bits per heavy atom. The lowest BCUT2D eigenvalue weighted by Gasteiger charge is -2.41. The molecular formula is C36H42FN7O6. The van der Waals surface area contributed by atoms with Crippen LogP contribution in [0.1, 0.15) is 31.9 Å². The van der Waals surface area contributed by atoms with Crippen LogP contribution in [0.15, 0.2) is 71.3 Å². The highest BCUT2D eigenvalue weighted by Crippen LogP contribution is 2.27. The van der Waals surface area contributed by atoms with Crippen LogP contribution in [0.25, 0.3) is 22.8 Å². The van der Waals surface area contributed by atoms with E-state index in [1.165, 1.54) is 13.2 Å². The van der Waals surface area contributed by atoms with Crippen LogP contribution in [0, 0.1) is 17.1 Å². The van der Waals surface area contributed by atoms with Gasteiger partial charge in [-0.1, -0.05) is 23.4 Å². The maximum absolute atomic E-state index is 15.5. The van der Waals surface area contributed by atoms with E-state index in [2.05, 4.69) is 36.6 Å². The Labute approximate surface area is 290 Å². The molecule has 3 unspecified atom stereocenters. The quantitative estimate of drug-likeness (QED) is 0.172. The number of amides is 1. The lowest BCUT2D eigenvalue weighted by Crippen LogP contribution is -2.59. The van der Waals surface area contributed by atoms with E-state index in [0.29, 0.717) is 48.6 Å². The Morgan fingerprint density at radius 3 is 2.42 bits per heavy atom. The summed E-state index contributed by atoms with van der Waals surface area (Å²) in [4.78, 5) is 20.7. The van der Waals surface area contributed by atoms with Crippen LogP contribution in [0.3, 0.4) is 0 Å². The second-order valence-corrected chi connectivity index (χ2v) is 12.8. The lowest BCUT2D eigenvalue weighted by atomic mass is 10.0. The van der Waals surface area contributed by atoms with E-state index in [1.807, 2.05) is 24.3 Å². The van der Waals surface area contributed by atoms with Gasteiger partial charge in [0.1, 0.15) is 17.5 Å². The molecule has 0 bridgehead atoms. The van der Waals surface area contributed by atoms with Gasteiger partial charge in [0.15, 0.2) is 12.6 Å². The van der Waals surface area contributed by atoms with Crippen molar-refractivity contribution in [2.24, 2.45) is 0 Å². The van der Waals surface area contributed by atoms with E-state index < -0.39 is 36.2 Å². The standard InChI is InChI=1S/C36H42FN7O6/c1-36(2,3)49-35(46)39-26-13-11-24(12-14-26)32-41-31(42-50-32)27-15-10-23(20-28(27)37)21-29(33(45)47-4)40-34(48-5)44-18-16-43(17-19-44)30-9-7-6-8-25(30)22-38/h6-15,20,29,33-34,40,45H,16-19,21H2,1-5H3,(H,39,46). The fourth-order valence-electron chi connectivity index (χ4n) is 5.64. The highest BCUT2D eigenvalue weighted by Gasteiger charge is 2.30. The number of aliphatic hydroxyl groups excluding tert-OH is 1. The molecule has 264 valence electrons. The number of hydrogen-bond donors (Lipinski definition) is 3. The molecule has 0 saturated carbocycles. The van der Waals surface area contributed by atoms with Gasteiger partial charge in [0.25, 0.3) is 5.89 Å². The van der Waals surface area contributed by atoms with Crippen LogP contribution in [0.2, 0.25) is 0 Å². The van der Waals surface area contributed by atoms with Gasteiger partial charge < -0.3 is 28.7 Å². The minimum atomic E-state index is -1.20. The zero-order valence-electron chi connectivity index (χ0n) is 28.7. The summed E-state index contributed by atoms with van der Waals surface area (Å²) in [7, 11) is 2.98. The van der Waals surface area contributed by atoms with Crippen molar-refractivity contribution in [1.82, 2.24) is 20.4 Å².